The van der Waals surface area contributed by atoms with Crippen LogP contribution in [0.15, 0.2) is 34.2 Å². The number of nitrogens with zero attached hydrogens (tertiary/aromatic N) is 3. The molecule has 0 unspecified atom stereocenters. The van der Waals surface area contributed by atoms with Crippen molar-refractivity contribution >= 4 is 26.7 Å². The van der Waals surface area contributed by atoms with Gasteiger partial charge in [0.25, 0.3) is 10.0 Å². The zero-order valence-corrected chi connectivity index (χ0v) is 20.5. The van der Waals surface area contributed by atoms with E-state index in [-0.39, 0.29) is 16.7 Å². The fourth-order valence-corrected chi connectivity index (χ4v) is 6.86. The van der Waals surface area contributed by atoms with Gasteiger partial charge < -0.3 is 24.0 Å². The third-order valence-electron chi connectivity index (χ3n) is 7.29. The number of rotatable bonds is 3. The Morgan fingerprint density at radius 3 is 2.26 bits per heavy atom. The number of carbonyl (C=O) groups is 1. The Kier molecular flexibility index (Phi) is 6.16. The van der Waals surface area contributed by atoms with Crippen LogP contribution in [-0.2, 0) is 24.3 Å². The third kappa shape index (κ3) is 4.23. The first-order valence-corrected chi connectivity index (χ1v) is 13.3. The molecule has 0 atom stereocenters. The lowest BCUT2D eigenvalue weighted by Gasteiger charge is -2.40. The number of benzene rings is 1. The molecule has 4 aliphatic rings. The standard InChI is InChI=1S/C24H31N3O6S/c1-17-21(18-3-5-20(31-2)6-4-18)34(29,30)25-22(17)26-11-7-19(8-12-26)23(28)27-13-9-24(10-14-27)32-15-16-33-24/h3-6,19H,7-16H2,1-2H3. The highest BCUT2D eigenvalue weighted by Gasteiger charge is 2.42. The van der Waals surface area contributed by atoms with Gasteiger partial charge in [-0.3, -0.25) is 4.79 Å². The quantitative estimate of drug-likeness (QED) is 0.642. The van der Waals surface area contributed by atoms with Crippen LogP contribution < -0.4 is 4.74 Å². The minimum atomic E-state index is -3.78. The Labute approximate surface area is 200 Å². The number of piperidine rings is 2. The molecule has 1 aromatic carbocycles. The molecule has 3 saturated heterocycles. The smallest absolute Gasteiger partial charge is 0.285 e. The minimum absolute atomic E-state index is 0.0559. The topological polar surface area (TPSA) is 97.7 Å². The highest BCUT2D eigenvalue weighted by atomic mass is 32.2. The van der Waals surface area contributed by atoms with Gasteiger partial charge in [0.2, 0.25) is 5.91 Å². The first kappa shape index (κ1) is 23.3. The number of ether oxygens (including phenoxy) is 3. The fourth-order valence-electron chi connectivity index (χ4n) is 5.38. The molecule has 9 nitrogen and oxygen atoms in total. The van der Waals surface area contributed by atoms with Gasteiger partial charge in [-0.2, -0.15) is 8.42 Å². The molecular weight excluding hydrogens is 458 g/mol. The van der Waals surface area contributed by atoms with Gasteiger partial charge in [-0.1, -0.05) is 0 Å². The predicted octanol–water partition coefficient (Wildman–Crippen LogP) is 2.25. The second-order valence-electron chi connectivity index (χ2n) is 9.27. The summed E-state index contributed by atoms with van der Waals surface area (Å²) in [5.74, 6) is 0.793. The number of amidine groups is 1. The van der Waals surface area contributed by atoms with Crippen LogP contribution in [0, 0.1) is 5.92 Å². The minimum Gasteiger partial charge on any atom is -0.497 e. The van der Waals surface area contributed by atoms with E-state index in [4.69, 9.17) is 14.2 Å². The molecule has 4 aliphatic heterocycles. The molecule has 10 heteroatoms. The lowest BCUT2D eigenvalue weighted by atomic mass is 9.93. The lowest BCUT2D eigenvalue weighted by molar-refractivity contribution is -0.188. The Balaban J connectivity index is 1.23. The molecule has 3 fully saturated rings. The SMILES string of the molecule is COc1ccc(C2=C(C)C(N3CCC(C(=O)N4CCC5(CC4)OCCO5)CC3)=NS2(=O)=O)cc1. The van der Waals surface area contributed by atoms with E-state index in [1.54, 1.807) is 38.3 Å². The zero-order valence-electron chi connectivity index (χ0n) is 19.7. The summed E-state index contributed by atoms with van der Waals surface area (Å²) in [6, 6.07) is 6.97. The van der Waals surface area contributed by atoms with Crippen molar-refractivity contribution in [3.8, 4) is 5.75 Å². The molecule has 5 rings (SSSR count). The normalized spacial score (nSPS) is 24.6. The maximum Gasteiger partial charge on any atom is 0.285 e. The second kappa shape index (κ2) is 8.98. The number of methoxy groups -OCH3 is 1. The Morgan fingerprint density at radius 1 is 1.06 bits per heavy atom. The van der Waals surface area contributed by atoms with E-state index < -0.39 is 15.8 Å². The highest BCUT2D eigenvalue weighted by molar-refractivity contribution is 8.00. The molecule has 0 aliphatic carbocycles. The summed E-state index contributed by atoms with van der Waals surface area (Å²) in [5.41, 5.74) is 1.24. The average Bonchev–Trinajstić information content (AvgIpc) is 3.40. The van der Waals surface area contributed by atoms with Crippen LogP contribution in [0.2, 0.25) is 0 Å². The van der Waals surface area contributed by atoms with E-state index in [2.05, 4.69) is 4.40 Å². The highest BCUT2D eigenvalue weighted by Crippen LogP contribution is 2.36. The first-order valence-electron chi connectivity index (χ1n) is 11.8. The van der Waals surface area contributed by atoms with Crippen LogP contribution in [-0.4, -0.2) is 82.3 Å². The summed E-state index contributed by atoms with van der Waals surface area (Å²) in [6.45, 7) is 5.55. The van der Waals surface area contributed by atoms with Crippen LogP contribution in [0.25, 0.3) is 4.91 Å². The molecule has 1 aromatic rings. The fraction of sp³-hybridized carbons (Fsp3) is 0.583. The van der Waals surface area contributed by atoms with E-state index in [0.29, 0.717) is 87.8 Å². The molecule has 1 spiro atoms. The summed E-state index contributed by atoms with van der Waals surface area (Å²) in [5, 5.41) is 0. The molecule has 34 heavy (non-hydrogen) atoms. The van der Waals surface area contributed by atoms with Crippen LogP contribution in [0.3, 0.4) is 0 Å². The van der Waals surface area contributed by atoms with Crippen LogP contribution in [0.1, 0.15) is 38.2 Å². The Hall–Kier alpha value is -2.43. The van der Waals surface area contributed by atoms with Crippen molar-refractivity contribution < 1.29 is 27.4 Å². The number of amides is 1. The van der Waals surface area contributed by atoms with E-state index in [1.165, 1.54) is 0 Å². The molecule has 0 saturated carbocycles. The van der Waals surface area contributed by atoms with Crippen LogP contribution in [0.4, 0.5) is 0 Å². The average molecular weight is 490 g/mol. The molecule has 0 radical (unpaired) electrons. The van der Waals surface area contributed by atoms with Crippen LogP contribution in [0.5, 0.6) is 5.75 Å². The predicted molar refractivity (Wildman–Crippen MR) is 127 cm³/mol. The van der Waals surface area contributed by atoms with E-state index >= 15 is 0 Å². The van der Waals surface area contributed by atoms with E-state index in [9.17, 15) is 13.2 Å². The number of carbonyl (C=O) groups excluding carboxylic acids is 1. The molecule has 0 bridgehead atoms. The number of hydrogen-bond donors (Lipinski definition) is 0. The van der Waals surface area contributed by atoms with Gasteiger partial charge in [-0.05, 0) is 49.6 Å². The molecule has 184 valence electrons. The van der Waals surface area contributed by atoms with Crippen molar-refractivity contribution in [1.29, 1.82) is 0 Å². The second-order valence-corrected chi connectivity index (χ2v) is 10.8. The first-order chi connectivity index (χ1) is 16.3. The zero-order chi connectivity index (χ0) is 23.9. The lowest BCUT2D eigenvalue weighted by Crippen LogP contribution is -2.50. The Bertz CT molecular complexity index is 1100. The summed E-state index contributed by atoms with van der Waals surface area (Å²) in [7, 11) is -2.21. The number of sulfonamides is 1. The Morgan fingerprint density at radius 2 is 1.68 bits per heavy atom. The molecule has 0 aromatic heterocycles. The van der Waals surface area contributed by atoms with Crippen molar-refractivity contribution in [1.82, 2.24) is 9.80 Å². The molecule has 1 amide bonds. The van der Waals surface area contributed by atoms with Gasteiger partial charge in [0.1, 0.15) is 16.5 Å². The van der Waals surface area contributed by atoms with Crippen molar-refractivity contribution in [2.75, 3.05) is 46.5 Å². The van der Waals surface area contributed by atoms with Gasteiger partial charge in [0, 0.05) is 50.5 Å². The molecule has 4 heterocycles. The summed E-state index contributed by atoms with van der Waals surface area (Å²) in [4.78, 5) is 17.3. The van der Waals surface area contributed by atoms with Gasteiger partial charge >= 0.3 is 0 Å². The van der Waals surface area contributed by atoms with Crippen molar-refractivity contribution in [2.45, 2.75) is 38.4 Å². The summed E-state index contributed by atoms with van der Waals surface area (Å²) >= 11 is 0. The number of hydrogen-bond acceptors (Lipinski definition) is 7. The molecular formula is C24H31N3O6S. The number of likely N-dealkylation sites (tertiary alicyclic amines) is 2. The van der Waals surface area contributed by atoms with Gasteiger partial charge in [0.15, 0.2) is 5.79 Å². The van der Waals surface area contributed by atoms with Crippen molar-refractivity contribution in [3.63, 3.8) is 0 Å². The van der Waals surface area contributed by atoms with Gasteiger partial charge in [-0.15, -0.1) is 4.40 Å². The maximum atomic E-state index is 13.1. The van der Waals surface area contributed by atoms with E-state index in [1.807, 2.05) is 9.80 Å². The van der Waals surface area contributed by atoms with Gasteiger partial charge in [0.05, 0.1) is 20.3 Å². The third-order valence-corrected chi connectivity index (χ3v) is 8.76. The van der Waals surface area contributed by atoms with Crippen molar-refractivity contribution in [3.05, 3.63) is 35.4 Å². The maximum absolute atomic E-state index is 13.1. The summed E-state index contributed by atoms with van der Waals surface area (Å²) < 4.78 is 46.6. The van der Waals surface area contributed by atoms with Gasteiger partial charge in [-0.25, -0.2) is 0 Å². The monoisotopic (exact) mass is 489 g/mol. The van der Waals surface area contributed by atoms with E-state index in [0.717, 1.165) is 0 Å². The van der Waals surface area contributed by atoms with Crippen LogP contribution >= 0.6 is 0 Å². The molecule has 0 N–H and O–H groups in total. The van der Waals surface area contributed by atoms with Crippen molar-refractivity contribution in [2.24, 2.45) is 10.3 Å². The summed E-state index contributed by atoms with van der Waals surface area (Å²) in [6.07, 6.45) is 2.78. The largest absolute Gasteiger partial charge is 0.497 e.